The van der Waals surface area contributed by atoms with Crippen LogP contribution in [-0.4, -0.2) is 20.9 Å². The van der Waals surface area contributed by atoms with Crippen LogP contribution in [0.1, 0.15) is 29.0 Å². The largest absolute Gasteiger partial charge is 0.352 e. The van der Waals surface area contributed by atoms with Gasteiger partial charge in [-0.2, -0.15) is 0 Å². The molecular weight excluding hydrogens is 396 g/mol. The molecule has 1 aromatic heterocycles. The Kier molecular flexibility index (Phi) is 5.53. The lowest BCUT2D eigenvalue weighted by molar-refractivity contribution is -0.125. The van der Waals surface area contributed by atoms with Gasteiger partial charge in [0.15, 0.2) is 0 Å². The van der Waals surface area contributed by atoms with Gasteiger partial charge in [-0.25, -0.2) is 4.79 Å². The van der Waals surface area contributed by atoms with Crippen LogP contribution in [0.15, 0.2) is 70.3 Å². The molecule has 8 nitrogen and oxygen atoms in total. The third-order valence-corrected chi connectivity index (χ3v) is 5.39. The molecule has 2 heterocycles. The van der Waals surface area contributed by atoms with Gasteiger partial charge >= 0.3 is 5.69 Å². The summed E-state index contributed by atoms with van der Waals surface area (Å²) in [5.41, 5.74) is 0.840. The molecular formula is C23H22N4O4. The fourth-order valence-electron chi connectivity index (χ4n) is 3.74. The van der Waals surface area contributed by atoms with Crippen molar-refractivity contribution in [2.45, 2.75) is 25.4 Å². The number of rotatable bonds is 6. The Morgan fingerprint density at radius 3 is 2.23 bits per heavy atom. The van der Waals surface area contributed by atoms with Gasteiger partial charge in [0.25, 0.3) is 5.56 Å². The quantitative estimate of drug-likeness (QED) is 0.631. The van der Waals surface area contributed by atoms with E-state index in [0.717, 1.165) is 15.7 Å². The predicted molar refractivity (Wildman–Crippen MR) is 116 cm³/mol. The van der Waals surface area contributed by atoms with E-state index in [1.165, 1.54) is 11.6 Å². The van der Waals surface area contributed by atoms with E-state index in [-0.39, 0.29) is 30.3 Å². The molecule has 0 spiro atoms. The minimum Gasteiger partial charge on any atom is -0.352 e. The number of benzene rings is 2. The first-order valence-electron chi connectivity index (χ1n) is 9.95. The number of anilines is 1. The number of nitrogens with one attached hydrogen (secondary N) is 2. The smallest absolute Gasteiger partial charge is 0.332 e. The maximum atomic E-state index is 12.8. The van der Waals surface area contributed by atoms with Gasteiger partial charge in [-0.3, -0.25) is 23.5 Å². The maximum absolute atomic E-state index is 12.8. The average Bonchev–Trinajstić information content (AvgIpc) is 3.11. The fourth-order valence-corrected chi connectivity index (χ4v) is 3.74. The highest BCUT2D eigenvalue weighted by molar-refractivity contribution is 6.04. The van der Waals surface area contributed by atoms with E-state index in [1.807, 2.05) is 60.7 Å². The Bertz CT molecular complexity index is 1250. The van der Waals surface area contributed by atoms with Crippen molar-refractivity contribution in [3.8, 4) is 0 Å². The third-order valence-electron chi connectivity index (χ3n) is 5.39. The van der Waals surface area contributed by atoms with Crippen LogP contribution < -0.4 is 21.9 Å². The molecule has 0 fully saturated rings. The summed E-state index contributed by atoms with van der Waals surface area (Å²) in [6.45, 7) is 0.524. The molecule has 8 heteroatoms. The van der Waals surface area contributed by atoms with Gasteiger partial charge in [0.1, 0.15) is 5.82 Å². The zero-order valence-electron chi connectivity index (χ0n) is 17.0. The zero-order chi connectivity index (χ0) is 22.0. The summed E-state index contributed by atoms with van der Waals surface area (Å²) >= 11 is 0. The molecule has 1 aliphatic heterocycles. The molecule has 31 heavy (non-hydrogen) atoms. The number of nitrogens with zero attached hydrogens (tertiary/aromatic N) is 2. The van der Waals surface area contributed by atoms with Gasteiger partial charge in [-0.15, -0.1) is 0 Å². The van der Waals surface area contributed by atoms with Crippen molar-refractivity contribution >= 4 is 17.6 Å². The van der Waals surface area contributed by atoms with Crippen molar-refractivity contribution < 1.29 is 9.59 Å². The van der Waals surface area contributed by atoms with Gasteiger partial charge < -0.3 is 10.6 Å². The van der Waals surface area contributed by atoms with Crippen LogP contribution >= 0.6 is 0 Å². The molecule has 0 saturated carbocycles. The number of amides is 2. The van der Waals surface area contributed by atoms with E-state index < -0.39 is 23.1 Å². The van der Waals surface area contributed by atoms with Crippen LogP contribution in [0.2, 0.25) is 0 Å². The van der Waals surface area contributed by atoms with Crippen LogP contribution in [0, 0.1) is 0 Å². The second kappa shape index (κ2) is 8.43. The molecule has 0 radical (unpaired) electrons. The Morgan fingerprint density at radius 1 is 0.968 bits per heavy atom. The van der Waals surface area contributed by atoms with E-state index in [0.29, 0.717) is 6.54 Å². The molecule has 4 rings (SSSR count). The second-order valence-electron chi connectivity index (χ2n) is 7.49. The third kappa shape index (κ3) is 4.05. The summed E-state index contributed by atoms with van der Waals surface area (Å²) in [4.78, 5) is 50.7. The summed E-state index contributed by atoms with van der Waals surface area (Å²) in [5, 5.41) is 5.44. The monoisotopic (exact) mass is 418 g/mol. The van der Waals surface area contributed by atoms with Crippen LogP contribution in [0.5, 0.6) is 0 Å². The number of aromatic nitrogens is 2. The number of hydrogen-bond donors (Lipinski definition) is 2. The summed E-state index contributed by atoms with van der Waals surface area (Å²) in [5.74, 6) is -1.59. The maximum Gasteiger partial charge on any atom is 0.332 e. The summed E-state index contributed by atoms with van der Waals surface area (Å²) in [6.07, 6.45) is -0.176. The first-order chi connectivity index (χ1) is 15.0. The fraction of sp³-hybridized carbons (Fsp3) is 0.217. The summed E-state index contributed by atoms with van der Waals surface area (Å²) in [6, 6.07) is 18.7. The topological polar surface area (TPSA) is 102 Å². The van der Waals surface area contributed by atoms with Crippen molar-refractivity contribution in [1.29, 1.82) is 0 Å². The van der Waals surface area contributed by atoms with Crippen molar-refractivity contribution in [3.63, 3.8) is 0 Å². The van der Waals surface area contributed by atoms with E-state index in [9.17, 15) is 19.2 Å². The highest BCUT2D eigenvalue weighted by atomic mass is 16.2. The van der Waals surface area contributed by atoms with Crippen molar-refractivity contribution in [2.75, 3.05) is 5.32 Å². The number of carbonyl (C=O) groups excluding carboxylic acids is 2. The van der Waals surface area contributed by atoms with Gasteiger partial charge in [-0.05, 0) is 11.1 Å². The van der Waals surface area contributed by atoms with Gasteiger partial charge in [0.2, 0.25) is 11.8 Å². The predicted octanol–water partition coefficient (Wildman–Crippen LogP) is 1.34. The van der Waals surface area contributed by atoms with E-state index in [2.05, 4.69) is 10.6 Å². The standard InChI is InChI=1S/C23H22N4O4/c1-26-22(30)19-17(12-18(28)24-13-15-8-4-2-5-9-15)21(29)25-20(19)27(23(26)31)14-16-10-6-3-7-11-16/h2-11,17H,12-14H2,1H3,(H,24,28)(H,25,29)/t17-/m1/s1. The van der Waals surface area contributed by atoms with Crippen LogP contribution in [0.3, 0.4) is 0 Å². The Labute approximate surface area is 178 Å². The molecule has 158 valence electrons. The zero-order valence-corrected chi connectivity index (χ0v) is 17.0. The molecule has 2 aromatic carbocycles. The lowest BCUT2D eigenvalue weighted by Crippen LogP contribution is -2.40. The van der Waals surface area contributed by atoms with Crippen molar-refractivity contribution in [3.05, 3.63) is 98.2 Å². The van der Waals surface area contributed by atoms with Gasteiger partial charge in [-0.1, -0.05) is 60.7 Å². The molecule has 0 unspecified atom stereocenters. The normalized spacial score (nSPS) is 14.7. The van der Waals surface area contributed by atoms with E-state index in [4.69, 9.17) is 0 Å². The molecule has 1 aliphatic rings. The number of carbonyl (C=O) groups is 2. The van der Waals surface area contributed by atoms with Gasteiger partial charge in [0, 0.05) is 20.0 Å². The Hall–Kier alpha value is -3.94. The first-order valence-corrected chi connectivity index (χ1v) is 9.95. The van der Waals surface area contributed by atoms with Gasteiger partial charge in [0.05, 0.1) is 18.0 Å². The van der Waals surface area contributed by atoms with E-state index >= 15 is 0 Å². The average molecular weight is 418 g/mol. The second-order valence-corrected chi connectivity index (χ2v) is 7.49. The molecule has 0 saturated heterocycles. The molecule has 0 bridgehead atoms. The molecule has 2 N–H and O–H groups in total. The SMILES string of the molecule is Cn1c(=O)c2c(n(Cc3ccccc3)c1=O)NC(=O)[C@@H]2CC(=O)NCc1ccccc1. The minimum atomic E-state index is -0.952. The highest BCUT2D eigenvalue weighted by Crippen LogP contribution is 2.31. The molecule has 2 amide bonds. The lowest BCUT2D eigenvalue weighted by atomic mass is 9.99. The van der Waals surface area contributed by atoms with Crippen LogP contribution in [0.25, 0.3) is 0 Å². The Morgan fingerprint density at radius 2 is 1.58 bits per heavy atom. The summed E-state index contributed by atoms with van der Waals surface area (Å²) in [7, 11) is 1.38. The summed E-state index contributed by atoms with van der Waals surface area (Å²) < 4.78 is 2.35. The minimum absolute atomic E-state index is 0.151. The van der Waals surface area contributed by atoms with Crippen molar-refractivity contribution in [1.82, 2.24) is 14.5 Å². The van der Waals surface area contributed by atoms with Crippen LogP contribution in [0.4, 0.5) is 5.82 Å². The molecule has 0 aliphatic carbocycles. The molecule has 1 atom stereocenters. The number of fused-ring (bicyclic) bond motifs is 1. The first kappa shape index (κ1) is 20.3. The molecule has 3 aromatic rings. The van der Waals surface area contributed by atoms with Crippen LogP contribution in [-0.2, 0) is 29.7 Å². The lowest BCUT2D eigenvalue weighted by Gasteiger charge is -2.14. The highest BCUT2D eigenvalue weighted by Gasteiger charge is 2.38. The number of hydrogen-bond acceptors (Lipinski definition) is 4. The van der Waals surface area contributed by atoms with Crippen molar-refractivity contribution in [2.24, 2.45) is 7.05 Å². The van der Waals surface area contributed by atoms with E-state index in [1.54, 1.807) is 0 Å². The Balaban J connectivity index is 1.62.